The number of ether oxygens (including phenoxy) is 1. The molecule has 0 heterocycles. The minimum atomic E-state index is -3.86. The van der Waals surface area contributed by atoms with E-state index >= 15 is 0 Å². The Kier molecular flexibility index (Phi) is 6.68. The molecule has 0 saturated heterocycles. The molecule has 36 heavy (non-hydrogen) atoms. The molecule has 0 atom stereocenters. The fraction of sp³-hybridized carbons (Fsp3) is 0.143. The number of sulfone groups is 2. The molecule has 0 fully saturated rings. The lowest BCUT2D eigenvalue weighted by molar-refractivity contribution is 0.464. The van der Waals surface area contributed by atoms with E-state index in [0.29, 0.717) is 17.2 Å². The number of hydrogen-bond acceptors (Lipinski definition) is 5. The van der Waals surface area contributed by atoms with Gasteiger partial charge in [0.1, 0.15) is 11.5 Å². The zero-order valence-electron chi connectivity index (χ0n) is 20.1. The van der Waals surface area contributed by atoms with Gasteiger partial charge in [-0.15, -0.1) is 0 Å². The van der Waals surface area contributed by atoms with Crippen molar-refractivity contribution < 1.29 is 26.7 Å². The average Bonchev–Trinajstić information content (AvgIpc) is 2.85. The average molecular weight is 524 g/mol. The van der Waals surface area contributed by atoms with E-state index in [4.69, 9.17) is 9.84 Å². The van der Waals surface area contributed by atoms with Crippen molar-refractivity contribution in [1.82, 2.24) is 0 Å². The van der Waals surface area contributed by atoms with Crippen molar-refractivity contribution in [3.63, 3.8) is 0 Å². The Morgan fingerprint density at radius 3 is 1.19 bits per heavy atom. The molecule has 4 rings (SSSR count). The number of benzene rings is 4. The zero-order chi connectivity index (χ0) is 26.1. The largest absolute Gasteiger partial charge is 0.593 e. The van der Waals surface area contributed by atoms with Crippen LogP contribution in [0.5, 0.6) is 17.2 Å². The third-order valence-corrected chi connectivity index (χ3v) is 9.27. The Morgan fingerprint density at radius 2 is 0.833 bits per heavy atom. The summed E-state index contributed by atoms with van der Waals surface area (Å²) >= 11 is 0. The molecule has 4 aromatic carbocycles. The van der Waals surface area contributed by atoms with Crippen molar-refractivity contribution >= 4 is 19.7 Å². The van der Waals surface area contributed by atoms with Gasteiger partial charge in [0.15, 0.2) is 0 Å². The van der Waals surface area contributed by atoms with Crippen LogP contribution in [0.1, 0.15) is 26.3 Å². The highest BCUT2D eigenvalue weighted by atomic mass is 32.2. The monoisotopic (exact) mass is 523 g/mol. The van der Waals surface area contributed by atoms with Crippen LogP contribution in [0.25, 0.3) is 0 Å². The molecular formula is C28H27O6S2+. The van der Waals surface area contributed by atoms with Gasteiger partial charge < -0.3 is 9.84 Å². The molecule has 0 amide bonds. The fourth-order valence-corrected chi connectivity index (χ4v) is 6.07. The maximum Gasteiger partial charge on any atom is 0.254 e. The van der Waals surface area contributed by atoms with E-state index < -0.39 is 19.7 Å². The van der Waals surface area contributed by atoms with Gasteiger partial charge in [-0.05, 0) is 83.8 Å². The summed E-state index contributed by atoms with van der Waals surface area (Å²) in [7, 11) is -7.65. The van der Waals surface area contributed by atoms with Gasteiger partial charge in [-0.1, -0.05) is 32.9 Å². The summed E-state index contributed by atoms with van der Waals surface area (Å²) in [6, 6.07) is 24.4. The smallest absolute Gasteiger partial charge is 0.254 e. The summed E-state index contributed by atoms with van der Waals surface area (Å²) in [6.45, 7) is 6.15. The third kappa shape index (κ3) is 5.29. The Morgan fingerprint density at radius 1 is 0.528 bits per heavy atom. The molecule has 6 nitrogen and oxygen atoms in total. The van der Waals surface area contributed by atoms with Crippen LogP contribution >= 0.6 is 0 Å². The lowest BCUT2D eigenvalue weighted by Crippen LogP contribution is -2.11. The summed E-state index contributed by atoms with van der Waals surface area (Å²) in [6.07, 6.45) is 0. The van der Waals surface area contributed by atoms with Gasteiger partial charge >= 0.3 is 0 Å². The Labute approximate surface area is 211 Å². The van der Waals surface area contributed by atoms with Gasteiger partial charge in [0.05, 0.1) is 19.6 Å². The molecule has 0 radical (unpaired) electrons. The summed E-state index contributed by atoms with van der Waals surface area (Å²) < 4.78 is 58.0. The molecule has 0 aromatic heterocycles. The summed E-state index contributed by atoms with van der Waals surface area (Å²) in [5.74, 6) is 1.35. The van der Waals surface area contributed by atoms with Gasteiger partial charge in [0, 0.05) is 12.1 Å². The van der Waals surface area contributed by atoms with E-state index in [2.05, 4.69) is 0 Å². The molecular weight excluding hydrogens is 496 g/mol. The molecule has 0 saturated carbocycles. The minimum Gasteiger partial charge on any atom is -0.593 e. The molecule has 0 unspecified atom stereocenters. The predicted molar refractivity (Wildman–Crippen MR) is 139 cm³/mol. The molecule has 0 spiro atoms. The summed E-state index contributed by atoms with van der Waals surface area (Å²) in [4.78, 5) is 0.223. The van der Waals surface area contributed by atoms with Crippen LogP contribution < -0.4 is 4.74 Å². The van der Waals surface area contributed by atoms with Gasteiger partial charge in [-0.3, -0.25) is 0 Å². The van der Waals surface area contributed by atoms with Crippen molar-refractivity contribution in [2.45, 2.75) is 45.8 Å². The van der Waals surface area contributed by atoms with E-state index in [9.17, 15) is 16.8 Å². The van der Waals surface area contributed by atoms with Crippen LogP contribution in [0.4, 0.5) is 0 Å². The highest BCUT2D eigenvalue weighted by Gasteiger charge is 2.22. The van der Waals surface area contributed by atoms with Crippen LogP contribution in [-0.2, 0) is 25.1 Å². The standard InChI is InChI=1S/C28H26O6S2/c1-28(2,3)20-4-12-24(13-5-20)35(30,31)26-16-18-27(19-17-26)36(32,33)25-14-10-23(11-15-25)34-22-8-6-21(29)7-9-22/h4-19,29H,1-3H3/p+1. The first kappa shape index (κ1) is 25.5. The number of hydrogen-bond donors (Lipinski definition) is 0. The molecule has 0 aliphatic carbocycles. The van der Waals surface area contributed by atoms with Crippen LogP contribution in [0.2, 0.25) is 0 Å². The molecule has 2 N–H and O–H groups in total. The first-order valence-corrected chi connectivity index (χ1v) is 14.1. The first-order valence-electron chi connectivity index (χ1n) is 11.2. The molecule has 0 aliphatic rings. The fourth-order valence-electron chi connectivity index (χ4n) is 3.55. The van der Waals surface area contributed by atoms with E-state index in [1.54, 1.807) is 60.7 Å². The van der Waals surface area contributed by atoms with E-state index in [1.807, 2.05) is 20.8 Å². The molecule has 0 bridgehead atoms. The summed E-state index contributed by atoms with van der Waals surface area (Å²) in [5.41, 5.74) is 0.918. The quantitative estimate of drug-likeness (QED) is 0.294. The second-order valence-corrected chi connectivity index (χ2v) is 13.2. The van der Waals surface area contributed by atoms with E-state index in [1.165, 1.54) is 36.4 Å². The predicted octanol–water partition coefficient (Wildman–Crippen LogP) is 5.88. The lowest BCUT2D eigenvalue weighted by atomic mass is 9.87. The molecule has 186 valence electrons. The van der Waals surface area contributed by atoms with E-state index in [-0.39, 0.29) is 25.0 Å². The zero-order valence-corrected chi connectivity index (χ0v) is 21.7. The Bertz CT molecular complexity index is 1560. The normalized spacial score (nSPS) is 12.3. The van der Waals surface area contributed by atoms with Crippen LogP contribution in [-0.4, -0.2) is 21.9 Å². The maximum atomic E-state index is 13.1. The van der Waals surface area contributed by atoms with Crippen molar-refractivity contribution in [3.05, 3.63) is 103 Å². The van der Waals surface area contributed by atoms with Gasteiger partial charge in [0.2, 0.25) is 19.7 Å². The molecule has 0 aliphatic heterocycles. The van der Waals surface area contributed by atoms with Crippen molar-refractivity contribution in [1.29, 1.82) is 0 Å². The Hall–Kier alpha value is -3.62. The second kappa shape index (κ2) is 9.44. The van der Waals surface area contributed by atoms with Gasteiger partial charge in [-0.2, -0.15) is 0 Å². The molecule has 4 aromatic rings. The van der Waals surface area contributed by atoms with Crippen molar-refractivity contribution in [2.75, 3.05) is 0 Å². The van der Waals surface area contributed by atoms with Crippen molar-refractivity contribution in [2.24, 2.45) is 0 Å². The van der Waals surface area contributed by atoms with Gasteiger partial charge in [-0.25, -0.2) is 16.8 Å². The lowest BCUT2D eigenvalue weighted by Gasteiger charge is -2.19. The van der Waals surface area contributed by atoms with Crippen LogP contribution in [0.15, 0.2) is 117 Å². The minimum absolute atomic E-state index is 0.00997. The SMILES string of the molecule is CC(C)(C)c1ccc(S(=O)(=O)c2ccc(S(=O)(=O)c3ccc(Oc4ccc([OH2+])cc4)cc3)cc2)cc1. The van der Waals surface area contributed by atoms with Crippen LogP contribution in [0.3, 0.4) is 0 Å². The first-order chi connectivity index (χ1) is 16.9. The Balaban J connectivity index is 1.54. The van der Waals surface area contributed by atoms with Crippen LogP contribution in [0, 0.1) is 0 Å². The van der Waals surface area contributed by atoms with E-state index in [0.717, 1.165) is 5.56 Å². The third-order valence-electron chi connectivity index (χ3n) is 5.70. The highest BCUT2D eigenvalue weighted by Crippen LogP contribution is 2.29. The van der Waals surface area contributed by atoms with Crippen molar-refractivity contribution in [3.8, 4) is 17.2 Å². The maximum absolute atomic E-state index is 13.1. The number of rotatable bonds is 6. The molecule has 8 heteroatoms. The second-order valence-electron chi connectivity index (χ2n) is 9.35. The summed E-state index contributed by atoms with van der Waals surface area (Å²) in [5, 5.41) is 7.51. The highest BCUT2D eigenvalue weighted by molar-refractivity contribution is 7.92. The van der Waals surface area contributed by atoms with Gasteiger partial charge in [0.25, 0.3) is 5.75 Å². The topological polar surface area (TPSA) is 100 Å².